The summed E-state index contributed by atoms with van der Waals surface area (Å²) in [6.07, 6.45) is 2.93. The summed E-state index contributed by atoms with van der Waals surface area (Å²) >= 11 is 0. The van der Waals surface area contributed by atoms with E-state index in [0.29, 0.717) is 12.0 Å². The van der Waals surface area contributed by atoms with Gasteiger partial charge in [0.15, 0.2) is 0 Å². The van der Waals surface area contributed by atoms with Crippen molar-refractivity contribution >= 4 is 0 Å². The van der Waals surface area contributed by atoms with Crippen LogP contribution in [-0.4, -0.2) is 31.1 Å². The topological polar surface area (TPSA) is 28.4 Å². The molecule has 0 aliphatic rings. The Labute approximate surface area is 105 Å². The number of hydrogen-bond acceptors (Lipinski definition) is 3. The molecule has 3 nitrogen and oxygen atoms in total. The molecule has 17 heavy (non-hydrogen) atoms. The van der Waals surface area contributed by atoms with Crippen molar-refractivity contribution < 1.29 is 4.42 Å². The molecule has 0 saturated heterocycles. The lowest BCUT2D eigenvalue weighted by Gasteiger charge is -2.30. The Morgan fingerprint density at radius 2 is 2.18 bits per heavy atom. The molecular weight excluding hydrogens is 212 g/mol. The van der Waals surface area contributed by atoms with E-state index in [9.17, 15) is 0 Å². The van der Waals surface area contributed by atoms with Gasteiger partial charge in [-0.05, 0) is 38.1 Å². The fourth-order valence-electron chi connectivity index (χ4n) is 2.09. The molecule has 1 rings (SSSR count). The van der Waals surface area contributed by atoms with Crippen molar-refractivity contribution in [2.75, 3.05) is 20.1 Å². The van der Waals surface area contributed by atoms with Crippen LogP contribution in [0, 0.1) is 5.92 Å². The van der Waals surface area contributed by atoms with Gasteiger partial charge in [0.25, 0.3) is 0 Å². The van der Waals surface area contributed by atoms with Gasteiger partial charge in [-0.2, -0.15) is 0 Å². The average Bonchev–Trinajstić information content (AvgIpc) is 2.76. The van der Waals surface area contributed by atoms with E-state index in [-0.39, 0.29) is 0 Å². The van der Waals surface area contributed by atoms with Crippen LogP contribution in [0.15, 0.2) is 22.8 Å². The third kappa shape index (κ3) is 4.92. The highest BCUT2D eigenvalue weighted by Gasteiger charge is 2.18. The normalized spacial score (nSPS) is 13.5. The molecule has 3 heteroatoms. The van der Waals surface area contributed by atoms with E-state index in [4.69, 9.17) is 4.42 Å². The quantitative estimate of drug-likeness (QED) is 0.706. The molecule has 0 radical (unpaired) electrons. The Bertz CT molecular complexity index is 282. The summed E-state index contributed by atoms with van der Waals surface area (Å²) in [6.45, 7) is 9.77. The second-order valence-electron chi connectivity index (χ2n) is 5.01. The number of hydrogen-bond donors (Lipinski definition) is 1. The smallest absolute Gasteiger partial charge is 0.117 e. The molecule has 0 aliphatic heterocycles. The van der Waals surface area contributed by atoms with Gasteiger partial charge < -0.3 is 9.73 Å². The molecule has 1 N–H and O–H groups in total. The van der Waals surface area contributed by atoms with E-state index in [2.05, 4.69) is 38.0 Å². The molecule has 0 spiro atoms. The van der Waals surface area contributed by atoms with E-state index >= 15 is 0 Å². The summed E-state index contributed by atoms with van der Waals surface area (Å²) in [5.41, 5.74) is 0. The Morgan fingerprint density at radius 3 is 2.71 bits per heavy atom. The molecule has 1 heterocycles. The predicted octanol–water partition coefficient (Wildman–Crippen LogP) is 2.74. The monoisotopic (exact) mass is 238 g/mol. The summed E-state index contributed by atoms with van der Waals surface area (Å²) in [6, 6.07) is 4.53. The van der Waals surface area contributed by atoms with Crippen LogP contribution < -0.4 is 5.32 Å². The largest absolute Gasteiger partial charge is 0.468 e. The van der Waals surface area contributed by atoms with E-state index in [1.54, 1.807) is 6.26 Å². The lowest BCUT2D eigenvalue weighted by atomic mass is 10.0. The zero-order valence-electron chi connectivity index (χ0n) is 11.6. The molecule has 0 fully saturated rings. The van der Waals surface area contributed by atoms with Crippen molar-refractivity contribution in [3.63, 3.8) is 0 Å². The van der Waals surface area contributed by atoms with Gasteiger partial charge in [0.1, 0.15) is 5.76 Å². The Balaban J connectivity index is 2.45. The van der Waals surface area contributed by atoms with Crippen LogP contribution in [0.1, 0.15) is 33.0 Å². The molecule has 1 aromatic heterocycles. The first-order chi connectivity index (χ1) is 8.15. The lowest BCUT2D eigenvalue weighted by molar-refractivity contribution is 0.168. The molecule has 98 valence electrons. The van der Waals surface area contributed by atoms with Crippen molar-refractivity contribution in [2.24, 2.45) is 5.92 Å². The maximum Gasteiger partial charge on any atom is 0.117 e. The van der Waals surface area contributed by atoms with Gasteiger partial charge in [-0.25, -0.2) is 0 Å². The first-order valence-corrected chi connectivity index (χ1v) is 6.58. The Morgan fingerprint density at radius 1 is 1.41 bits per heavy atom. The van der Waals surface area contributed by atoms with E-state index < -0.39 is 0 Å². The average molecular weight is 238 g/mol. The van der Waals surface area contributed by atoms with Gasteiger partial charge in [-0.3, -0.25) is 4.90 Å². The van der Waals surface area contributed by atoms with Crippen LogP contribution in [0.25, 0.3) is 0 Å². The van der Waals surface area contributed by atoms with Crippen LogP contribution in [0.2, 0.25) is 0 Å². The molecule has 1 atom stereocenters. The highest BCUT2D eigenvalue weighted by atomic mass is 16.3. The van der Waals surface area contributed by atoms with Crippen molar-refractivity contribution in [1.29, 1.82) is 0 Å². The SMILES string of the molecule is CCCNCC(C(C)C)N(C)Cc1ccco1. The zero-order valence-corrected chi connectivity index (χ0v) is 11.6. The number of furan rings is 1. The standard InChI is InChI=1S/C14H26N2O/c1-5-8-15-10-14(12(2)3)16(4)11-13-7-6-9-17-13/h6-7,9,12,14-15H,5,8,10-11H2,1-4H3. The zero-order chi connectivity index (χ0) is 12.7. The number of rotatable bonds is 8. The molecule has 0 saturated carbocycles. The summed E-state index contributed by atoms with van der Waals surface area (Å²) < 4.78 is 5.40. The molecule has 0 aromatic carbocycles. The Kier molecular flexibility index (Phi) is 6.30. The van der Waals surface area contributed by atoms with Crippen LogP contribution in [0.5, 0.6) is 0 Å². The number of likely N-dealkylation sites (N-methyl/N-ethyl adjacent to an activating group) is 1. The van der Waals surface area contributed by atoms with Gasteiger partial charge in [0.05, 0.1) is 12.8 Å². The molecule has 0 aliphatic carbocycles. The number of nitrogens with one attached hydrogen (secondary N) is 1. The minimum Gasteiger partial charge on any atom is -0.468 e. The first kappa shape index (κ1) is 14.3. The minimum atomic E-state index is 0.548. The third-order valence-electron chi connectivity index (χ3n) is 3.10. The van der Waals surface area contributed by atoms with E-state index in [1.165, 1.54) is 6.42 Å². The van der Waals surface area contributed by atoms with Gasteiger partial charge in [0.2, 0.25) is 0 Å². The number of nitrogens with zero attached hydrogens (tertiary/aromatic N) is 1. The van der Waals surface area contributed by atoms with Gasteiger partial charge >= 0.3 is 0 Å². The fraction of sp³-hybridized carbons (Fsp3) is 0.714. The summed E-state index contributed by atoms with van der Waals surface area (Å²) in [7, 11) is 2.17. The highest BCUT2D eigenvalue weighted by Crippen LogP contribution is 2.12. The second-order valence-corrected chi connectivity index (χ2v) is 5.01. The molecular formula is C14H26N2O. The molecule has 0 amide bonds. The molecule has 1 unspecified atom stereocenters. The lowest BCUT2D eigenvalue weighted by Crippen LogP contribution is -2.43. The van der Waals surface area contributed by atoms with Gasteiger partial charge in [-0.15, -0.1) is 0 Å². The van der Waals surface area contributed by atoms with Crippen LogP contribution >= 0.6 is 0 Å². The van der Waals surface area contributed by atoms with Crippen molar-refractivity contribution in [2.45, 2.75) is 39.8 Å². The first-order valence-electron chi connectivity index (χ1n) is 6.58. The van der Waals surface area contributed by atoms with E-state index in [1.807, 2.05) is 12.1 Å². The molecule has 0 bridgehead atoms. The maximum absolute atomic E-state index is 5.40. The highest BCUT2D eigenvalue weighted by molar-refractivity contribution is 4.98. The van der Waals surface area contributed by atoms with Crippen molar-refractivity contribution in [3.05, 3.63) is 24.2 Å². The summed E-state index contributed by atoms with van der Waals surface area (Å²) in [4.78, 5) is 2.37. The third-order valence-corrected chi connectivity index (χ3v) is 3.10. The second kappa shape index (κ2) is 7.51. The van der Waals surface area contributed by atoms with Gasteiger partial charge in [0, 0.05) is 12.6 Å². The predicted molar refractivity (Wildman–Crippen MR) is 72.0 cm³/mol. The fourth-order valence-corrected chi connectivity index (χ4v) is 2.09. The van der Waals surface area contributed by atoms with Crippen LogP contribution in [-0.2, 0) is 6.54 Å². The van der Waals surface area contributed by atoms with E-state index in [0.717, 1.165) is 25.4 Å². The maximum atomic E-state index is 5.40. The van der Waals surface area contributed by atoms with Crippen LogP contribution in [0.4, 0.5) is 0 Å². The minimum absolute atomic E-state index is 0.548. The van der Waals surface area contributed by atoms with Crippen molar-refractivity contribution in [3.8, 4) is 0 Å². The summed E-state index contributed by atoms with van der Waals surface area (Å²) in [5, 5.41) is 3.50. The molecule has 1 aromatic rings. The summed E-state index contributed by atoms with van der Waals surface area (Å²) in [5.74, 6) is 1.67. The Hall–Kier alpha value is -0.800. The van der Waals surface area contributed by atoms with Crippen molar-refractivity contribution in [1.82, 2.24) is 10.2 Å². The van der Waals surface area contributed by atoms with Crippen LogP contribution in [0.3, 0.4) is 0 Å². The van der Waals surface area contributed by atoms with Gasteiger partial charge in [-0.1, -0.05) is 20.8 Å².